The third kappa shape index (κ3) is 8.89. The van der Waals surface area contributed by atoms with Crippen LogP contribution < -0.4 is 9.80 Å². The third-order valence-electron chi connectivity index (χ3n) is 18.2. The van der Waals surface area contributed by atoms with Crippen LogP contribution in [0.3, 0.4) is 0 Å². The molecule has 17 aromatic carbocycles. The minimum absolute atomic E-state index is 1.09. The number of fused-ring (bicyclic) bond motifs is 14. The van der Waals surface area contributed by atoms with Crippen molar-refractivity contribution in [2.24, 2.45) is 0 Å². The van der Waals surface area contributed by atoms with E-state index in [-0.39, 0.29) is 0 Å². The van der Waals surface area contributed by atoms with Crippen LogP contribution >= 0.6 is 0 Å². The van der Waals surface area contributed by atoms with Crippen LogP contribution in [-0.2, 0) is 0 Å². The van der Waals surface area contributed by atoms with E-state index < -0.39 is 0 Å². The lowest BCUT2D eigenvalue weighted by Crippen LogP contribution is -2.10. The Kier molecular flexibility index (Phi) is 12.3. The first-order chi connectivity index (χ1) is 43.6. The van der Waals surface area contributed by atoms with Gasteiger partial charge in [0, 0.05) is 34.1 Å². The van der Waals surface area contributed by atoms with E-state index in [0.717, 1.165) is 34.1 Å². The number of rotatable bonds is 10. The van der Waals surface area contributed by atoms with E-state index in [1.807, 2.05) is 0 Å². The van der Waals surface area contributed by atoms with Gasteiger partial charge < -0.3 is 9.80 Å². The first-order valence-corrected chi connectivity index (χ1v) is 30.4. The van der Waals surface area contributed by atoms with Gasteiger partial charge in [0.25, 0.3) is 0 Å². The Morgan fingerprint density at radius 3 is 0.693 bits per heavy atom. The molecule has 0 amide bonds. The van der Waals surface area contributed by atoms with Crippen molar-refractivity contribution in [2.45, 2.75) is 0 Å². The summed E-state index contributed by atoms with van der Waals surface area (Å²) < 4.78 is 0. The molecule has 0 aliphatic heterocycles. The summed E-state index contributed by atoms with van der Waals surface area (Å²) in [6, 6.07) is 125. The number of hydrogen-bond donors (Lipinski definition) is 0. The molecule has 0 saturated carbocycles. The summed E-state index contributed by atoms with van der Waals surface area (Å²) >= 11 is 0. The summed E-state index contributed by atoms with van der Waals surface area (Å²) in [5.41, 5.74) is 16.2. The molecule has 17 aromatic rings. The molecule has 0 radical (unpaired) electrons. The normalized spacial score (nSPS) is 11.6. The highest BCUT2D eigenvalue weighted by molar-refractivity contribution is 6.33. The van der Waals surface area contributed by atoms with Crippen molar-refractivity contribution in [3.63, 3.8) is 0 Å². The van der Waals surface area contributed by atoms with Crippen LogP contribution in [-0.4, -0.2) is 0 Å². The first-order valence-electron chi connectivity index (χ1n) is 30.4. The van der Waals surface area contributed by atoms with Crippen molar-refractivity contribution >= 4 is 120 Å². The first kappa shape index (κ1) is 50.9. The summed E-state index contributed by atoms with van der Waals surface area (Å²) in [5, 5.41) is 19.7. The molecule has 0 atom stereocenters. The van der Waals surface area contributed by atoms with E-state index in [1.54, 1.807) is 0 Å². The fourth-order valence-corrected chi connectivity index (χ4v) is 13.8. The van der Waals surface area contributed by atoms with Crippen LogP contribution in [0.15, 0.2) is 340 Å². The Bertz CT molecular complexity index is 5170. The molecule has 0 bridgehead atoms. The summed E-state index contributed by atoms with van der Waals surface area (Å²) in [6.07, 6.45) is 0. The Balaban J connectivity index is 0.794. The monoisotopic (exact) mass is 1120 g/mol. The van der Waals surface area contributed by atoms with Crippen molar-refractivity contribution in [3.05, 3.63) is 340 Å². The average Bonchev–Trinajstić information content (AvgIpc) is 1.15. The summed E-state index contributed by atoms with van der Waals surface area (Å²) in [6.45, 7) is 0. The fraction of sp³-hybridized carbons (Fsp3) is 0. The van der Waals surface area contributed by atoms with Crippen LogP contribution in [0.2, 0.25) is 0 Å². The molecule has 0 fully saturated rings. The van der Waals surface area contributed by atoms with Gasteiger partial charge in [0.2, 0.25) is 0 Å². The van der Waals surface area contributed by atoms with Gasteiger partial charge in [0.05, 0.1) is 0 Å². The highest BCUT2D eigenvalue weighted by Crippen LogP contribution is 2.47. The van der Waals surface area contributed by atoms with E-state index in [9.17, 15) is 0 Å². The van der Waals surface area contributed by atoms with Gasteiger partial charge in [-0.1, -0.05) is 255 Å². The molecule has 0 saturated heterocycles. The summed E-state index contributed by atoms with van der Waals surface area (Å²) in [5.74, 6) is 0. The molecule has 0 aromatic heterocycles. The Hall–Kier alpha value is -11.6. The maximum absolute atomic E-state index is 2.49. The molecular formula is C86H56N2. The lowest BCUT2D eigenvalue weighted by atomic mass is 9.88. The van der Waals surface area contributed by atoms with Gasteiger partial charge in [-0.05, 0) is 216 Å². The van der Waals surface area contributed by atoms with Crippen LogP contribution in [0.4, 0.5) is 34.1 Å². The molecule has 0 aliphatic carbocycles. The topological polar surface area (TPSA) is 6.48 Å². The number of nitrogens with zero attached hydrogens (tertiary/aromatic N) is 2. The smallest absolute Gasteiger partial charge is 0.0468 e. The van der Waals surface area contributed by atoms with Gasteiger partial charge in [-0.2, -0.15) is 0 Å². The average molecular weight is 1120 g/mol. The molecular weight excluding hydrogens is 1060 g/mol. The van der Waals surface area contributed by atoms with Crippen molar-refractivity contribution < 1.29 is 0 Å². The van der Waals surface area contributed by atoms with E-state index in [0.29, 0.717) is 0 Å². The second-order valence-corrected chi connectivity index (χ2v) is 23.2. The molecule has 0 unspecified atom stereocenters. The zero-order chi connectivity index (χ0) is 58.1. The van der Waals surface area contributed by atoms with Crippen LogP contribution in [0.5, 0.6) is 0 Å². The van der Waals surface area contributed by atoms with Gasteiger partial charge in [-0.3, -0.25) is 0 Å². The standard InChI is InChI=1S/C86H56N2/c1-3-15-57(16-4-1)61-27-31-63(32-28-61)65-35-41-69(42-36-65)87(71-45-39-59-19-7-9-21-67(59)51-71)73-47-49-79-81(53-73)75-23-11-13-25-77(75)83-56-86-80-50-48-74(54-82(80)76-24-12-14-26-78(76)84(86)55-85(79)83)88(72-46-40-60-20-8-10-22-68(60)52-72)70-43-37-66(38-44-70)64-33-29-62(30-34-64)58-17-5-2-6-18-58/h1-56H. The quantitative estimate of drug-likeness (QED) is 0.0995. The Morgan fingerprint density at radius 2 is 0.352 bits per heavy atom. The predicted molar refractivity (Wildman–Crippen MR) is 378 cm³/mol. The summed E-state index contributed by atoms with van der Waals surface area (Å²) in [4.78, 5) is 4.84. The van der Waals surface area contributed by atoms with Crippen molar-refractivity contribution in [3.8, 4) is 44.5 Å². The molecule has 0 heterocycles. The Morgan fingerprint density at radius 1 is 0.125 bits per heavy atom. The van der Waals surface area contributed by atoms with Gasteiger partial charge >= 0.3 is 0 Å². The molecule has 0 aliphatic rings. The van der Waals surface area contributed by atoms with Crippen molar-refractivity contribution in [2.75, 3.05) is 9.80 Å². The largest absolute Gasteiger partial charge is 0.310 e. The van der Waals surface area contributed by atoms with Crippen LogP contribution in [0.25, 0.3) is 131 Å². The molecule has 0 spiro atoms. The van der Waals surface area contributed by atoms with E-state index >= 15 is 0 Å². The van der Waals surface area contributed by atoms with Gasteiger partial charge in [0.15, 0.2) is 0 Å². The third-order valence-corrected chi connectivity index (χ3v) is 18.2. The minimum atomic E-state index is 1.09. The second-order valence-electron chi connectivity index (χ2n) is 23.2. The van der Waals surface area contributed by atoms with E-state index in [1.165, 1.54) is 131 Å². The van der Waals surface area contributed by atoms with E-state index in [2.05, 4.69) is 350 Å². The number of hydrogen-bond acceptors (Lipinski definition) is 2. The zero-order valence-electron chi connectivity index (χ0n) is 48.2. The highest BCUT2D eigenvalue weighted by atomic mass is 15.1. The highest BCUT2D eigenvalue weighted by Gasteiger charge is 2.21. The fourth-order valence-electron chi connectivity index (χ4n) is 13.8. The molecule has 2 heteroatoms. The van der Waals surface area contributed by atoms with Gasteiger partial charge in [-0.25, -0.2) is 0 Å². The van der Waals surface area contributed by atoms with Gasteiger partial charge in [0.1, 0.15) is 0 Å². The van der Waals surface area contributed by atoms with E-state index in [4.69, 9.17) is 0 Å². The maximum atomic E-state index is 2.49. The number of benzene rings is 17. The minimum Gasteiger partial charge on any atom is -0.310 e. The van der Waals surface area contributed by atoms with Crippen molar-refractivity contribution in [1.29, 1.82) is 0 Å². The zero-order valence-corrected chi connectivity index (χ0v) is 48.2. The summed E-state index contributed by atoms with van der Waals surface area (Å²) in [7, 11) is 0. The second kappa shape index (κ2) is 21.2. The lowest BCUT2D eigenvalue weighted by Gasteiger charge is -2.27. The lowest BCUT2D eigenvalue weighted by molar-refractivity contribution is 1.29. The molecule has 2 nitrogen and oxygen atoms in total. The molecule has 17 rings (SSSR count). The van der Waals surface area contributed by atoms with Gasteiger partial charge in [-0.15, -0.1) is 0 Å². The predicted octanol–water partition coefficient (Wildman–Crippen LogP) is 24.5. The maximum Gasteiger partial charge on any atom is 0.0468 e. The van der Waals surface area contributed by atoms with Crippen molar-refractivity contribution in [1.82, 2.24) is 0 Å². The van der Waals surface area contributed by atoms with Crippen LogP contribution in [0.1, 0.15) is 0 Å². The molecule has 0 N–H and O–H groups in total. The Labute approximate surface area is 511 Å². The number of anilines is 6. The molecule has 88 heavy (non-hydrogen) atoms. The molecule has 410 valence electrons. The van der Waals surface area contributed by atoms with Crippen LogP contribution in [0, 0.1) is 0 Å². The SMILES string of the molecule is c1ccc(-c2ccc(-c3ccc(N(c4ccc5ccccc5c4)c4ccc5c(c4)c4ccccc4c4cc6c7ccc(N(c8ccc(-c9ccc(-c%10ccccc%10)cc9)cc8)c8ccc9ccccc9c8)cc7c7ccccc7c6cc54)cc3)cc2)cc1.